The molecule has 1 aromatic heterocycles. The van der Waals surface area contributed by atoms with Gasteiger partial charge < -0.3 is 16.4 Å². The molecule has 0 bridgehead atoms. The molecule has 4 N–H and O–H groups in total. The summed E-state index contributed by atoms with van der Waals surface area (Å²) in [6, 6.07) is 0.551. The molecule has 1 aromatic rings. The summed E-state index contributed by atoms with van der Waals surface area (Å²) < 4.78 is 38.0. The molecule has 1 atom stereocenters. The van der Waals surface area contributed by atoms with Gasteiger partial charge in [0.25, 0.3) is 0 Å². The fourth-order valence-electron chi connectivity index (χ4n) is 2.23. The number of nitrogen functional groups attached to an aromatic ring is 1. The molecule has 9 heteroatoms. The minimum absolute atomic E-state index is 0.0201. The van der Waals surface area contributed by atoms with E-state index in [1.165, 1.54) is 11.0 Å². The number of primary amides is 1. The molecule has 1 amide bonds. The van der Waals surface area contributed by atoms with Gasteiger partial charge in [-0.2, -0.15) is 13.2 Å². The Kier molecular flexibility index (Phi) is 3.69. The van der Waals surface area contributed by atoms with E-state index in [2.05, 4.69) is 9.97 Å². The summed E-state index contributed by atoms with van der Waals surface area (Å²) in [7, 11) is 0. The maximum Gasteiger partial charge on any atom is 0.451 e. The van der Waals surface area contributed by atoms with Gasteiger partial charge in [-0.3, -0.25) is 4.79 Å². The third-order valence-electron chi connectivity index (χ3n) is 3.11. The number of nitrogens with zero attached hydrogens (tertiary/aromatic N) is 3. The van der Waals surface area contributed by atoms with Gasteiger partial charge in [0, 0.05) is 12.6 Å². The van der Waals surface area contributed by atoms with Crippen LogP contribution < -0.4 is 16.4 Å². The summed E-state index contributed by atoms with van der Waals surface area (Å²) in [6.45, 7) is 0.404. The van der Waals surface area contributed by atoms with E-state index in [4.69, 9.17) is 11.5 Å². The van der Waals surface area contributed by atoms with E-state index in [-0.39, 0.29) is 11.6 Å². The number of anilines is 2. The number of aromatic nitrogens is 2. The molecule has 0 spiro atoms. The molecule has 1 unspecified atom stereocenters. The van der Waals surface area contributed by atoms with E-state index in [9.17, 15) is 18.0 Å². The highest BCUT2D eigenvalue weighted by Crippen LogP contribution is 2.30. The number of hydrogen-bond acceptors (Lipinski definition) is 5. The van der Waals surface area contributed by atoms with E-state index < -0.39 is 23.9 Å². The van der Waals surface area contributed by atoms with Crippen molar-refractivity contribution in [2.45, 2.75) is 31.5 Å². The quantitative estimate of drug-likeness (QED) is 0.843. The Hall–Kier alpha value is -2.06. The van der Waals surface area contributed by atoms with Gasteiger partial charge in [-0.15, -0.1) is 0 Å². The first-order valence-electron chi connectivity index (χ1n) is 6.07. The van der Waals surface area contributed by atoms with Crippen LogP contribution in [0, 0.1) is 0 Å². The lowest BCUT2D eigenvalue weighted by atomic mass is 10.0. The third-order valence-corrected chi connectivity index (χ3v) is 3.11. The lowest BCUT2D eigenvalue weighted by Gasteiger charge is -2.34. The standard InChI is InChI=1S/C11H14F3N5O/c12-11(13,14)10-17-7(15)5-8(18-10)19-4-2-1-3-6(19)9(16)20/h5-6H,1-4H2,(H2,16,20)(H2,15,17,18). The zero-order valence-corrected chi connectivity index (χ0v) is 10.5. The van der Waals surface area contributed by atoms with E-state index >= 15 is 0 Å². The average Bonchev–Trinajstić information content (AvgIpc) is 2.37. The molecule has 1 aliphatic rings. The maximum absolute atomic E-state index is 12.7. The second kappa shape index (κ2) is 5.14. The number of hydrogen-bond donors (Lipinski definition) is 2. The summed E-state index contributed by atoms with van der Waals surface area (Å²) in [5, 5.41) is 0. The van der Waals surface area contributed by atoms with E-state index in [0.717, 1.165) is 12.8 Å². The normalized spacial score (nSPS) is 19.9. The Balaban J connectivity index is 2.40. The maximum atomic E-state index is 12.7. The van der Waals surface area contributed by atoms with Crippen molar-refractivity contribution in [2.75, 3.05) is 17.2 Å². The molecule has 110 valence electrons. The number of piperidine rings is 1. The Morgan fingerprint density at radius 1 is 1.35 bits per heavy atom. The Bertz CT molecular complexity index is 519. The van der Waals surface area contributed by atoms with Crippen molar-refractivity contribution in [2.24, 2.45) is 5.73 Å². The predicted octanol–water partition coefficient (Wildman–Crippen LogP) is 0.922. The summed E-state index contributed by atoms with van der Waals surface area (Å²) in [5.74, 6) is -2.22. The lowest BCUT2D eigenvalue weighted by Crippen LogP contribution is -2.48. The molecule has 1 saturated heterocycles. The Morgan fingerprint density at radius 3 is 2.65 bits per heavy atom. The highest BCUT2D eigenvalue weighted by atomic mass is 19.4. The first-order chi connectivity index (χ1) is 9.29. The largest absolute Gasteiger partial charge is 0.451 e. The molecular weight excluding hydrogens is 275 g/mol. The number of carbonyl (C=O) groups is 1. The highest BCUT2D eigenvalue weighted by Gasteiger charge is 2.37. The SMILES string of the molecule is NC(=O)C1CCCCN1c1cc(N)nc(C(F)(F)F)n1. The summed E-state index contributed by atoms with van der Waals surface area (Å²) in [4.78, 5) is 19.5. The first-order valence-corrected chi connectivity index (χ1v) is 6.07. The highest BCUT2D eigenvalue weighted by molar-refractivity contribution is 5.83. The van der Waals surface area contributed by atoms with Crippen molar-refractivity contribution >= 4 is 17.5 Å². The monoisotopic (exact) mass is 289 g/mol. The number of carbonyl (C=O) groups excluding carboxylic acids is 1. The minimum Gasteiger partial charge on any atom is -0.384 e. The van der Waals surface area contributed by atoms with Crippen LogP contribution in [0.5, 0.6) is 0 Å². The number of rotatable bonds is 2. The summed E-state index contributed by atoms with van der Waals surface area (Å²) in [5.41, 5.74) is 10.7. The van der Waals surface area contributed by atoms with Gasteiger partial charge >= 0.3 is 6.18 Å². The van der Waals surface area contributed by atoms with Crippen LogP contribution in [0.2, 0.25) is 0 Å². The smallest absolute Gasteiger partial charge is 0.384 e. The summed E-state index contributed by atoms with van der Waals surface area (Å²) in [6.07, 6.45) is -2.67. The van der Waals surface area contributed by atoms with E-state index in [1.807, 2.05) is 0 Å². The van der Waals surface area contributed by atoms with Crippen LogP contribution in [-0.4, -0.2) is 28.5 Å². The number of halogens is 3. The van der Waals surface area contributed by atoms with Gasteiger partial charge in [-0.25, -0.2) is 9.97 Å². The molecule has 6 nitrogen and oxygen atoms in total. The lowest BCUT2D eigenvalue weighted by molar-refractivity contribution is -0.144. The molecule has 2 heterocycles. The third kappa shape index (κ3) is 2.91. The van der Waals surface area contributed by atoms with E-state index in [0.29, 0.717) is 13.0 Å². The second-order valence-corrected chi connectivity index (χ2v) is 4.58. The van der Waals surface area contributed by atoms with Gasteiger partial charge in [-0.05, 0) is 19.3 Å². The molecule has 0 aromatic carbocycles. The second-order valence-electron chi connectivity index (χ2n) is 4.58. The van der Waals surface area contributed by atoms with Crippen LogP contribution in [0.1, 0.15) is 25.1 Å². The molecule has 20 heavy (non-hydrogen) atoms. The first kappa shape index (κ1) is 14.4. The van der Waals surface area contributed by atoms with Crippen LogP contribution >= 0.6 is 0 Å². The van der Waals surface area contributed by atoms with Gasteiger partial charge in [0.2, 0.25) is 11.7 Å². The predicted molar refractivity (Wildman–Crippen MR) is 65.6 cm³/mol. The molecule has 1 fully saturated rings. The fourth-order valence-corrected chi connectivity index (χ4v) is 2.23. The molecule has 0 aliphatic carbocycles. The van der Waals surface area contributed by atoms with Crippen LogP contribution in [0.4, 0.5) is 24.8 Å². The van der Waals surface area contributed by atoms with Crippen molar-refractivity contribution in [3.63, 3.8) is 0 Å². The fraction of sp³-hybridized carbons (Fsp3) is 0.545. The molecular formula is C11H14F3N5O. The molecule has 0 saturated carbocycles. The van der Waals surface area contributed by atoms with E-state index in [1.54, 1.807) is 0 Å². The van der Waals surface area contributed by atoms with Crippen molar-refractivity contribution in [1.82, 2.24) is 9.97 Å². The molecule has 1 aliphatic heterocycles. The van der Waals surface area contributed by atoms with Crippen molar-refractivity contribution in [1.29, 1.82) is 0 Å². The van der Waals surface area contributed by atoms with Gasteiger partial charge in [0.1, 0.15) is 17.7 Å². The summed E-state index contributed by atoms with van der Waals surface area (Å²) >= 11 is 0. The molecule has 0 radical (unpaired) electrons. The Labute approximate surface area is 113 Å². The zero-order chi connectivity index (χ0) is 14.9. The topological polar surface area (TPSA) is 98.1 Å². The van der Waals surface area contributed by atoms with Crippen molar-refractivity contribution in [3.8, 4) is 0 Å². The minimum atomic E-state index is -4.69. The number of amides is 1. The number of alkyl halides is 3. The average molecular weight is 289 g/mol. The van der Waals surface area contributed by atoms with Crippen LogP contribution in [-0.2, 0) is 11.0 Å². The van der Waals surface area contributed by atoms with Crippen LogP contribution in [0.3, 0.4) is 0 Å². The van der Waals surface area contributed by atoms with Gasteiger partial charge in [-0.1, -0.05) is 0 Å². The Morgan fingerprint density at radius 2 is 2.05 bits per heavy atom. The van der Waals surface area contributed by atoms with Crippen molar-refractivity contribution in [3.05, 3.63) is 11.9 Å². The molecule has 2 rings (SSSR count). The number of nitrogens with two attached hydrogens (primary N) is 2. The van der Waals surface area contributed by atoms with Crippen LogP contribution in [0.25, 0.3) is 0 Å². The van der Waals surface area contributed by atoms with Crippen molar-refractivity contribution < 1.29 is 18.0 Å². The van der Waals surface area contributed by atoms with Crippen LogP contribution in [0.15, 0.2) is 6.07 Å². The van der Waals surface area contributed by atoms with Gasteiger partial charge in [0.15, 0.2) is 0 Å². The van der Waals surface area contributed by atoms with Gasteiger partial charge in [0.05, 0.1) is 0 Å². The zero-order valence-electron chi connectivity index (χ0n) is 10.5.